The lowest BCUT2D eigenvalue weighted by molar-refractivity contribution is -0.00322. The highest BCUT2D eigenvalue weighted by Crippen LogP contribution is 2.44. The van der Waals surface area contributed by atoms with Gasteiger partial charge in [-0.25, -0.2) is 22.0 Å². The van der Waals surface area contributed by atoms with Crippen LogP contribution in [0.5, 0.6) is 5.75 Å². The number of phenols is 1. The van der Waals surface area contributed by atoms with E-state index in [4.69, 9.17) is 4.74 Å². The number of halogens is 6. The Morgan fingerprint density at radius 3 is 1.91 bits per heavy atom. The summed E-state index contributed by atoms with van der Waals surface area (Å²) in [6.07, 6.45) is 6.20. The van der Waals surface area contributed by atoms with Crippen LogP contribution in [0.2, 0.25) is 0 Å². The first-order chi connectivity index (χ1) is 21.1. The minimum absolute atomic E-state index is 0.0135. The molecule has 238 valence electrons. The lowest BCUT2D eigenvalue weighted by Crippen LogP contribution is -2.28. The molecule has 2 fully saturated rings. The Labute approximate surface area is 253 Å². The Hall–Kier alpha value is -3.04. The lowest BCUT2D eigenvalue weighted by atomic mass is 9.69. The summed E-state index contributed by atoms with van der Waals surface area (Å²) < 4.78 is 93.6. The molecule has 0 aliphatic heterocycles. The van der Waals surface area contributed by atoms with Crippen molar-refractivity contribution in [2.75, 3.05) is 0 Å². The van der Waals surface area contributed by atoms with Crippen molar-refractivity contribution in [2.45, 2.75) is 95.9 Å². The normalized spacial score (nSPS) is 23.1. The number of aromatic hydroxyl groups is 1. The fourth-order valence-corrected chi connectivity index (χ4v) is 7.07. The van der Waals surface area contributed by atoms with Gasteiger partial charge in [-0.3, -0.25) is 0 Å². The Kier molecular flexibility index (Phi) is 10.3. The minimum atomic E-state index is -1.34. The zero-order valence-corrected chi connectivity index (χ0v) is 24.7. The van der Waals surface area contributed by atoms with Crippen molar-refractivity contribution in [1.29, 1.82) is 0 Å². The van der Waals surface area contributed by atoms with Crippen LogP contribution in [0, 0.1) is 46.7 Å². The maximum atomic E-state index is 15.0. The molecule has 9 heteroatoms. The second kappa shape index (κ2) is 13.9. The van der Waals surface area contributed by atoms with E-state index >= 15 is 8.78 Å². The average Bonchev–Trinajstić information content (AvgIpc) is 3.03. The van der Waals surface area contributed by atoms with Crippen LogP contribution in [0.3, 0.4) is 0 Å². The molecule has 3 nitrogen and oxygen atoms in total. The van der Waals surface area contributed by atoms with E-state index in [-0.39, 0.29) is 36.2 Å². The van der Waals surface area contributed by atoms with Gasteiger partial charge in [0.05, 0.1) is 18.8 Å². The van der Waals surface area contributed by atoms with Crippen LogP contribution in [0.4, 0.5) is 26.3 Å². The first kappa shape index (κ1) is 32.4. The Morgan fingerprint density at radius 1 is 0.682 bits per heavy atom. The van der Waals surface area contributed by atoms with Crippen molar-refractivity contribution in [3.8, 4) is 16.9 Å². The van der Waals surface area contributed by atoms with Crippen LogP contribution in [0.1, 0.15) is 99.8 Å². The van der Waals surface area contributed by atoms with Crippen molar-refractivity contribution < 1.29 is 41.3 Å². The second-order valence-corrected chi connectivity index (χ2v) is 12.3. The van der Waals surface area contributed by atoms with E-state index in [1.54, 1.807) is 6.92 Å². The number of aliphatic hydroxyl groups excluding tert-OH is 1. The number of hydrogen-bond acceptors (Lipinski definition) is 3. The molecule has 0 aromatic heterocycles. The number of rotatable bonds is 9. The second-order valence-electron chi connectivity index (χ2n) is 12.3. The summed E-state index contributed by atoms with van der Waals surface area (Å²) in [7, 11) is 0. The van der Waals surface area contributed by atoms with Gasteiger partial charge in [-0.15, -0.1) is 0 Å². The van der Waals surface area contributed by atoms with E-state index in [1.807, 2.05) is 0 Å². The van der Waals surface area contributed by atoms with E-state index in [0.29, 0.717) is 23.8 Å². The molecule has 1 atom stereocenters. The number of phenolic OH excluding ortho intramolecular Hbond substituents is 1. The summed E-state index contributed by atoms with van der Waals surface area (Å²) >= 11 is 0. The van der Waals surface area contributed by atoms with Gasteiger partial charge in [-0.1, -0.05) is 43.7 Å². The third-order valence-electron chi connectivity index (χ3n) is 9.65. The molecule has 0 saturated heterocycles. The largest absolute Gasteiger partial charge is 0.505 e. The van der Waals surface area contributed by atoms with Gasteiger partial charge in [0.25, 0.3) is 0 Å². The number of ether oxygens (including phenoxy) is 1. The first-order valence-electron chi connectivity index (χ1n) is 15.5. The van der Waals surface area contributed by atoms with Crippen molar-refractivity contribution >= 4 is 0 Å². The monoisotopic (exact) mass is 620 g/mol. The average molecular weight is 621 g/mol. The molecule has 2 N–H and O–H groups in total. The van der Waals surface area contributed by atoms with Gasteiger partial charge in [0, 0.05) is 22.3 Å². The first-order valence-corrected chi connectivity index (χ1v) is 15.5. The van der Waals surface area contributed by atoms with Crippen LogP contribution >= 0.6 is 0 Å². The summed E-state index contributed by atoms with van der Waals surface area (Å²) in [5.41, 5.74) is -0.743. The Bertz CT molecular complexity index is 1460. The van der Waals surface area contributed by atoms with Gasteiger partial charge in [-0.2, -0.15) is 4.39 Å². The highest BCUT2D eigenvalue weighted by molar-refractivity contribution is 5.66. The van der Waals surface area contributed by atoms with Crippen LogP contribution in [-0.4, -0.2) is 16.3 Å². The fraction of sp³-hybridized carbons (Fsp3) is 0.486. The zero-order chi connectivity index (χ0) is 31.5. The molecule has 5 rings (SSSR count). The van der Waals surface area contributed by atoms with Crippen molar-refractivity contribution in [3.05, 3.63) is 88.0 Å². The lowest BCUT2D eigenvalue weighted by Gasteiger charge is -2.38. The summed E-state index contributed by atoms with van der Waals surface area (Å²) in [4.78, 5) is 0. The highest BCUT2D eigenvalue weighted by atomic mass is 19.2. The molecule has 2 saturated carbocycles. The van der Waals surface area contributed by atoms with Gasteiger partial charge in [0.1, 0.15) is 0 Å². The summed E-state index contributed by atoms with van der Waals surface area (Å²) in [5.74, 6) is -7.03. The van der Waals surface area contributed by atoms with Crippen molar-refractivity contribution in [3.63, 3.8) is 0 Å². The van der Waals surface area contributed by atoms with Crippen molar-refractivity contribution in [2.24, 2.45) is 11.8 Å². The highest BCUT2D eigenvalue weighted by Gasteiger charge is 2.33. The molecule has 2 aliphatic rings. The standard InChI is InChI=1S/C35H38F6O3/c1-2-3-28(42)27-15-14-26(33(39)34(27)40)25-13-10-22(30(36)32(25)38)18-44-23-11-8-20(9-12-23)19-4-6-21(7-5-19)24-16-17-29(43)35(41)31(24)37/h10,13-17,19-21,23,28,42-43H,2-9,11-12,18H2,1H3. The zero-order valence-electron chi connectivity index (χ0n) is 24.7. The molecule has 0 spiro atoms. The molecule has 2 aliphatic carbocycles. The summed E-state index contributed by atoms with van der Waals surface area (Å²) in [6, 6.07) is 7.55. The SMILES string of the molecule is CCCC(O)c1ccc(-c2ccc(COC3CCC(C4CCC(c5ccc(O)c(F)c5F)CC4)CC3)c(F)c2F)c(F)c1F. The molecule has 0 heterocycles. The smallest absolute Gasteiger partial charge is 0.200 e. The van der Waals surface area contributed by atoms with Gasteiger partial charge in [0.15, 0.2) is 34.8 Å². The van der Waals surface area contributed by atoms with Gasteiger partial charge >= 0.3 is 0 Å². The molecule has 3 aromatic rings. The molecule has 0 radical (unpaired) electrons. The van der Waals surface area contributed by atoms with Crippen LogP contribution in [-0.2, 0) is 11.3 Å². The summed E-state index contributed by atoms with van der Waals surface area (Å²) in [6.45, 7) is 1.64. The third-order valence-corrected chi connectivity index (χ3v) is 9.65. The van der Waals surface area contributed by atoms with Crippen LogP contribution < -0.4 is 0 Å². The van der Waals surface area contributed by atoms with E-state index in [9.17, 15) is 27.8 Å². The molecular weight excluding hydrogens is 582 g/mol. The van der Waals surface area contributed by atoms with E-state index in [2.05, 4.69) is 0 Å². The number of benzene rings is 3. The van der Waals surface area contributed by atoms with Gasteiger partial charge in [0.2, 0.25) is 5.82 Å². The predicted octanol–water partition coefficient (Wildman–Crippen LogP) is 9.78. The fourth-order valence-electron chi connectivity index (χ4n) is 7.07. The topological polar surface area (TPSA) is 49.7 Å². The molecule has 0 amide bonds. The molecule has 0 bridgehead atoms. The van der Waals surface area contributed by atoms with E-state index in [1.165, 1.54) is 30.3 Å². The van der Waals surface area contributed by atoms with Gasteiger partial charge in [-0.05, 0) is 87.2 Å². The summed E-state index contributed by atoms with van der Waals surface area (Å²) in [5, 5.41) is 19.5. The molecule has 44 heavy (non-hydrogen) atoms. The Balaban J connectivity index is 1.14. The van der Waals surface area contributed by atoms with Crippen LogP contribution in [0.25, 0.3) is 11.1 Å². The maximum absolute atomic E-state index is 15.0. The number of hydrogen-bond donors (Lipinski definition) is 2. The maximum Gasteiger partial charge on any atom is 0.200 e. The van der Waals surface area contributed by atoms with E-state index < -0.39 is 57.9 Å². The molecular formula is C35H38F6O3. The van der Waals surface area contributed by atoms with E-state index in [0.717, 1.165) is 57.4 Å². The quantitative estimate of drug-likeness (QED) is 0.234. The third kappa shape index (κ3) is 6.64. The number of aliphatic hydroxyl groups is 1. The van der Waals surface area contributed by atoms with Crippen LogP contribution in [0.15, 0.2) is 36.4 Å². The molecule has 3 aromatic carbocycles. The van der Waals surface area contributed by atoms with Crippen molar-refractivity contribution in [1.82, 2.24) is 0 Å². The molecule has 1 unspecified atom stereocenters. The minimum Gasteiger partial charge on any atom is -0.505 e. The Morgan fingerprint density at radius 2 is 1.27 bits per heavy atom. The predicted molar refractivity (Wildman–Crippen MR) is 155 cm³/mol. The van der Waals surface area contributed by atoms with Gasteiger partial charge < -0.3 is 14.9 Å².